The maximum Gasteiger partial charge on any atom is 0.262 e. The molecular formula is C21H23BrClN3O3. The summed E-state index contributed by atoms with van der Waals surface area (Å²) >= 11 is 9.18. The highest BCUT2D eigenvalue weighted by atomic mass is 79.9. The highest BCUT2D eigenvalue weighted by Gasteiger charge is 2.22. The Bertz CT molecular complexity index is 839. The van der Waals surface area contributed by atoms with Crippen molar-refractivity contribution in [2.24, 2.45) is 11.0 Å². The van der Waals surface area contributed by atoms with Crippen molar-refractivity contribution in [1.29, 1.82) is 0 Å². The number of halogens is 2. The van der Waals surface area contributed by atoms with E-state index in [1.165, 1.54) is 0 Å². The lowest BCUT2D eigenvalue weighted by atomic mass is 10.0. The molecule has 2 aromatic carbocycles. The predicted octanol–water partition coefficient (Wildman–Crippen LogP) is 4.16. The Balaban J connectivity index is 1.89. The van der Waals surface area contributed by atoms with Crippen LogP contribution in [0.3, 0.4) is 0 Å². The van der Waals surface area contributed by atoms with Crippen molar-refractivity contribution in [3.05, 3.63) is 63.6 Å². The molecule has 29 heavy (non-hydrogen) atoms. The van der Waals surface area contributed by atoms with Gasteiger partial charge < -0.3 is 10.1 Å². The molecule has 0 aliphatic heterocycles. The summed E-state index contributed by atoms with van der Waals surface area (Å²) in [5.41, 5.74) is 3.33. The maximum absolute atomic E-state index is 12.5. The van der Waals surface area contributed by atoms with Crippen molar-refractivity contribution in [1.82, 2.24) is 10.7 Å². The number of hydrogen-bond donors (Lipinski definition) is 2. The number of ether oxygens (including phenoxy) is 1. The molecule has 0 fully saturated rings. The predicted molar refractivity (Wildman–Crippen MR) is 118 cm³/mol. The van der Waals surface area contributed by atoms with Crippen LogP contribution in [0.15, 0.2) is 58.1 Å². The highest BCUT2D eigenvalue weighted by molar-refractivity contribution is 9.10. The first kappa shape index (κ1) is 22.9. The van der Waals surface area contributed by atoms with Crippen molar-refractivity contribution in [2.45, 2.75) is 26.3 Å². The molecule has 2 N–H and O–H groups in total. The molecule has 154 valence electrons. The van der Waals surface area contributed by atoms with E-state index in [4.69, 9.17) is 16.3 Å². The van der Waals surface area contributed by atoms with E-state index < -0.39 is 11.9 Å². The zero-order chi connectivity index (χ0) is 21.2. The van der Waals surface area contributed by atoms with Gasteiger partial charge in [-0.2, -0.15) is 5.10 Å². The van der Waals surface area contributed by atoms with Crippen molar-refractivity contribution >= 4 is 45.6 Å². The van der Waals surface area contributed by atoms with Crippen LogP contribution >= 0.6 is 27.5 Å². The fraction of sp³-hybridized carbons (Fsp3) is 0.286. The first-order valence-electron chi connectivity index (χ1n) is 9.09. The molecular weight excluding hydrogens is 458 g/mol. The number of hydrogen-bond acceptors (Lipinski definition) is 4. The van der Waals surface area contributed by atoms with Crippen molar-refractivity contribution < 1.29 is 14.3 Å². The average Bonchev–Trinajstić information content (AvgIpc) is 2.68. The summed E-state index contributed by atoms with van der Waals surface area (Å²) in [4.78, 5) is 24.7. The Kier molecular flexibility index (Phi) is 9.15. The molecule has 8 heteroatoms. The zero-order valence-electron chi connectivity index (χ0n) is 16.2. The average molecular weight is 481 g/mol. The second kappa shape index (κ2) is 11.6. The Labute approximate surface area is 183 Å². The van der Waals surface area contributed by atoms with E-state index in [0.717, 1.165) is 10.0 Å². The molecule has 0 bridgehead atoms. The van der Waals surface area contributed by atoms with Gasteiger partial charge in [0.15, 0.2) is 6.61 Å². The van der Waals surface area contributed by atoms with Crippen LogP contribution in [-0.4, -0.2) is 30.7 Å². The molecule has 0 aliphatic carbocycles. The van der Waals surface area contributed by atoms with Crippen molar-refractivity contribution in [2.75, 3.05) is 6.61 Å². The molecule has 2 amide bonds. The van der Waals surface area contributed by atoms with Gasteiger partial charge in [0.2, 0.25) is 0 Å². The summed E-state index contributed by atoms with van der Waals surface area (Å²) in [6, 6.07) is 13.5. The van der Waals surface area contributed by atoms with Gasteiger partial charge in [0.05, 0.1) is 6.21 Å². The SMILES string of the molecule is CC(C)C[C@@H](NC(=O)COc1ccc(Cl)cc1)C(=O)N/N=C\c1ccc(Br)cc1. The molecule has 0 spiro atoms. The molecule has 0 saturated heterocycles. The third-order valence-electron chi connectivity index (χ3n) is 3.80. The van der Waals surface area contributed by atoms with Gasteiger partial charge >= 0.3 is 0 Å². The van der Waals surface area contributed by atoms with E-state index in [2.05, 4.69) is 31.8 Å². The molecule has 0 unspecified atom stereocenters. The van der Waals surface area contributed by atoms with Gasteiger partial charge in [-0.1, -0.05) is 53.5 Å². The topological polar surface area (TPSA) is 79.8 Å². The minimum atomic E-state index is -0.710. The summed E-state index contributed by atoms with van der Waals surface area (Å²) in [5.74, 6) is -0.0447. The van der Waals surface area contributed by atoms with Gasteiger partial charge in [0, 0.05) is 9.50 Å². The van der Waals surface area contributed by atoms with E-state index in [0.29, 0.717) is 17.2 Å². The van der Waals surface area contributed by atoms with Crippen molar-refractivity contribution in [3.63, 3.8) is 0 Å². The van der Waals surface area contributed by atoms with Crippen LogP contribution in [0.5, 0.6) is 5.75 Å². The Morgan fingerprint density at radius 1 is 1.14 bits per heavy atom. The molecule has 2 aromatic rings. The maximum atomic E-state index is 12.5. The molecule has 0 aromatic heterocycles. The number of carbonyl (C=O) groups is 2. The smallest absolute Gasteiger partial charge is 0.262 e. The van der Waals surface area contributed by atoms with E-state index in [1.807, 2.05) is 38.1 Å². The van der Waals surface area contributed by atoms with E-state index in [9.17, 15) is 9.59 Å². The fourth-order valence-electron chi connectivity index (χ4n) is 2.42. The lowest BCUT2D eigenvalue weighted by molar-refractivity contribution is -0.130. The quantitative estimate of drug-likeness (QED) is 0.418. The lowest BCUT2D eigenvalue weighted by Crippen LogP contribution is -2.47. The van der Waals surface area contributed by atoms with Gasteiger partial charge in [-0.25, -0.2) is 5.43 Å². The summed E-state index contributed by atoms with van der Waals surface area (Å²) in [6.07, 6.45) is 2.02. The van der Waals surface area contributed by atoms with Crippen LogP contribution in [0.25, 0.3) is 0 Å². The van der Waals surface area contributed by atoms with Gasteiger partial charge in [-0.15, -0.1) is 0 Å². The van der Waals surface area contributed by atoms with Gasteiger partial charge in [0.25, 0.3) is 11.8 Å². The Hall–Kier alpha value is -2.38. The number of nitrogens with zero attached hydrogens (tertiary/aromatic N) is 1. The Morgan fingerprint density at radius 3 is 2.41 bits per heavy atom. The molecule has 0 heterocycles. The largest absolute Gasteiger partial charge is 0.484 e. The number of rotatable bonds is 9. The number of hydrazone groups is 1. The standard InChI is InChI=1S/C21H23BrClN3O3/c1-14(2)11-19(21(28)26-24-12-15-3-5-16(22)6-4-15)25-20(27)13-29-18-9-7-17(23)8-10-18/h3-10,12,14,19H,11,13H2,1-2H3,(H,25,27)(H,26,28)/b24-12-/t19-/m1/s1. The first-order valence-corrected chi connectivity index (χ1v) is 10.3. The molecule has 6 nitrogen and oxygen atoms in total. The lowest BCUT2D eigenvalue weighted by Gasteiger charge is -2.19. The van der Waals surface area contributed by atoms with Crippen LogP contribution in [-0.2, 0) is 9.59 Å². The zero-order valence-corrected chi connectivity index (χ0v) is 18.5. The normalized spacial score (nSPS) is 12.0. The van der Waals surface area contributed by atoms with Gasteiger partial charge in [0.1, 0.15) is 11.8 Å². The third-order valence-corrected chi connectivity index (χ3v) is 4.58. The first-order chi connectivity index (χ1) is 13.8. The van der Waals surface area contributed by atoms with E-state index in [1.54, 1.807) is 30.5 Å². The van der Waals surface area contributed by atoms with Crippen LogP contribution in [0.2, 0.25) is 5.02 Å². The monoisotopic (exact) mass is 479 g/mol. The number of benzene rings is 2. The van der Waals surface area contributed by atoms with Crippen LogP contribution in [0.1, 0.15) is 25.8 Å². The van der Waals surface area contributed by atoms with Crippen LogP contribution in [0, 0.1) is 5.92 Å². The van der Waals surface area contributed by atoms with Crippen LogP contribution < -0.4 is 15.5 Å². The number of amides is 2. The summed E-state index contributed by atoms with van der Waals surface area (Å²) in [5, 5.41) is 7.26. The molecule has 0 radical (unpaired) electrons. The third kappa shape index (κ3) is 8.66. The molecule has 2 rings (SSSR count). The minimum Gasteiger partial charge on any atom is -0.484 e. The fourth-order valence-corrected chi connectivity index (χ4v) is 2.81. The highest BCUT2D eigenvalue weighted by Crippen LogP contribution is 2.15. The summed E-state index contributed by atoms with van der Waals surface area (Å²) in [6.45, 7) is 3.75. The second-order valence-electron chi connectivity index (χ2n) is 6.78. The number of nitrogens with one attached hydrogen (secondary N) is 2. The summed E-state index contributed by atoms with van der Waals surface area (Å²) < 4.78 is 6.38. The Morgan fingerprint density at radius 2 is 1.79 bits per heavy atom. The molecule has 1 atom stereocenters. The number of carbonyl (C=O) groups excluding carboxylic acids is 2. The van der Waals surface area contributed by atoms with Crippen LogP contribution in [0.4, 0.5) is 0 Å². The minimum absolute atomic E-state index is 0.203. The molecule has 0 aliphatic rings. The summed E-state index contributed by atoms with van der Waals surface area (Å²) in [7, 11) is 0. The van der Waals surface area contributed by atoms with Gasteiger partial charge in [-0.3, -0.25) is 9.59 Å². The van der Waals surface area contributed by atoms with Crippen molar-refractivity contribution in [3.8, 4) is 5.75 Å². The van der Waals surface area contributed by atoms with E-state index >= 15 is 0 Å². The molecule has 0 saturated carbocycles. The van der Waals surface area contributed by atoms with E-state index in [-0.39, 0.29) is 18.4 Å². The second-order valence-corrected chi connectivity index (χ2v) is 8.13. The van der Waals surface area contributed by atoms with Gasteiger partial charge in [-0.05, 0) is 54.3 Å².